The number of aromatic nitrogens is 1. The maximum absolute atomic E-state index is 13.2. The fourth-order valence-corrected chi connectivity index (χ4v) is 6.19. The zero-order chi connectivity index (χ0) is 23.8. The molecule has 2 heterocycles. The van der Waals surface area contributed by atoms with Gasteiger partial charge in [0.15, 0.2) is 5.13 Å². The van der Waals surface area contributed by atoms with Crippen molar-refractivity contribution in [2.45, 2.75) is 63.4 Å². The first-order valence-electron chi connectivity index (χ1n) is 11.3. The van der Waals surface area contributed by atoms with Crippen LogP contribution in [0.25, 0.3) is 10.2 Å². The number of thioether (sulfide) groups is 1. The average molecular weight is 483 g/mol. The number of cyclic esters (lactones) is 1. The Morgan fingerprint density at radius 3 is 2.58 bits per heavy atom. The Morgan fingerprint density at radius 1 is 1.21 bits per heavy atom. The zero-order valence-corrected chi connectivity index (χ0v) is 21.1. The number of nitrogens with zero attached hydrogens (tertiary/aromatic N) is 1. The molecule has 0 spiro atoms. The first-order valence-corrected chi connectivity index (χ1v) is 12.9. The first-order chi connectivity index (χ1) is 15.7. The van der Waals surface area contributed by atoms with Crippen LogP contribution in [-0.4, -0.2) is 21.7 Å². The molecule has 7 heteroatoms. The fourth-order valence-electron chi connectivity index (χ4n) is 4.24. The molecule has 0 amide bonds. The molecular weight excluding hydrogens is 452 g/mol. The highest BCUT2D eigenvalue weighted by Gasteiger charge is 2.44. The Balaban J connectivity index is 1.63. The standard InChI is InChI=1S/C26H30N2O3S2/c1-15(2)18-12-19-22(33-25(27)28-19)13-21(18)32-23-20(29)14-26(16(3)4,31-24(23)30)11-10-17-8-6-5-7-9-17/h5-9,12-13,15-16,29H,10-11,14H2,1-4H3,(H2,27,28)/t26-/m0/s1. The van der Waals surface area contributed by atoms with Crippen LogP contribution in [0, 0.1) is 5.92 Å². The summed E-state index contributed by atoms with van der Waals surface area (Å²) in [7, 11) is 0. The first kappa shape index (κ1) is 23.6. The second-order valence-electron chi connectivity index (χ2n) is 9.21. The van der Waals surface area contributed by atoms with Gasteiger partial charge in [0.05, 0.1) is 10.2 Å². The number of carbonyl (C=O) groups excluding carboxylic acids is 1. The average Bonchev–Trinajstić information content (AvgIpc) is 3.13. The number of hydrogen-bond donors (Lipinski definition) is 2. The van der Waals surface area contributed by atoms with E-state index in [2.05, 4.69) is 31.0 Å². The van der Waals surface area contributed by atoms with Gasteiger partial charge in [0, 0.05) is 11.3 Å². The minimum absolute atomic E-state index is 0.0709. The van der Waals surface area contributed by atoms with Crippen molar-refractivity contribution in [3.63, 3.8) is 0 Å². The van der Waals surface area contributed by atoms with Gasteiger partial charge < -0.3 is 15.6 Å². The maximum atomic E-state index is 13.2. The molecule has 33 heavy (non-hydrogen) atoms. The number of ether oxygens (including phenoxy) is 1. The monoisotopic (exact) mass is 482 g/mol. The number of aryl methyl sites for hydroxylation is 1. The van der Waals surface area contributed by atoms with Gasteiger partial charge in [-0.1, -0.05) is 81.1 Å². The number of benzene rings is 2. The Bertz CT molecular complexity index is 1200. The van der Waals surface area contributed by atoms with Gasteiger partial charge in [0.2, 0.25) is 0 Å². The van der Waals surface area contributed by atoms with Crippen molar-refractivity contribution in [1.29, 1.82) is 0 Å². The molecule has 4 rings (SSSR count). The number of aliphatic hydroxyl groups is 1. The number of esters is 1. The van der Waals surface area contributed by atoms with Gasteiger partial charge in [-0.2, -0.15) is 0 Å². The van der Waals surface area contributed by atoms with Crippen LogP contribution >= 0.6 is 23.1 Å². The fraction of sp³-hybridized carbons (Fsp3) is 0.385. The minimum atomic E-state index is -0.724. The summed E-state index contributed by atoms with van der Waals surface area (Å²) in [5, 5.41) is 11.6. The van der Waals surface area contributed by atoms with Crippen molar-refractivity contribution in [2.24, 2.45) is 5.92 Å². The summed E-state index contributed by atoms with van der Waals surface area (Å²) in [5.41, 5.74) is 8.29. The van der Waals surface area contributed by atoms with Crippen LogP contribution in [0.3, 0.4) is 0 Å². The zero-order valence-electron chi connectivity index (χ0n) is 19.4. The molecule has 0 saturated heterocycles. The van der Waals surface area contributed by atoms with Crippen LogP contribution in [0.5, 0.6) is 0 Å². The van der Waals surface area contributed by atoms with Gasteiger partial charge in [-0.15, -0.1) is 0 Å². The second-order valence-corrected chi connectivity index (χ2v) is 11.3. The van der Waals surface area contributed by atoms with Gasteiger partial charge in [0.1, 0.15) is 16.3 Å². The van der Waals surface area contributed by atoms with E-state index in [9.17, 15) is 9.90 Å². The molecule has 2 aromatic carbocycles. The highest BCUT2D eigenvalue weighted by atomic mass is 32.2. The molecule has 1 aromatic heterocycles. The number of hydrogen-bond acceptors (Lipinski definition) is 7. The molecule has 174 valence electrons. The third-order valence-electron chi connectivity index (χ3n) is 6.31. The van der Waals surface area contributed by atoms with Crippen LogP contribution in [-0.2, 0) is 16.0 Å². The van der Waals surface area contributed by atoms with Crippen molar-refractivity contribution in [3.8, 4) is 0 Å². The Kier molecular flexibility index (Phi) is 6.73. The molecule has 0 fully saturated rings. The number of aliphatic hydroxyl groups excluding tert-OH is 1. The Morgan fingerprint density at radius 2 is 1.94 bits per heavy atom. The Labute approximate surface area is 203 Å². The lowest BCUT2D eigenvalue weighted by atomic mass is 9.80. The van der Waals surface area contributed by atoms with Crippen LogP contribution in [0.15, 0.2) is 58.0 Å². The topological polar surface area (TPSA) is 85.4 Å². The number of nitrogens with two attached hydrogens (primary N) is 1. The highest BCUT2D eigenvalue weighted by Crippen LogP contribution is 2.45. The number of rotatable bonds is 7. The van der Waals surface area contributed by atoms with E-state index in [1.165, 1.54) is 28.7 Å². The van der Waals surface area contributed by atoms with Crippen LogP contribution in [0.1, 0.15) is 57.6 Å². The quantitative estimate of drug-likeness (QED) is 0.359. The van der Waals surface area contributed by atoms with Crippen LogP contribution in [0.4, 0.5) is 5.13 Å². The largest absolute Gasteiger partial charge is 0.511 e. The van der Waals surface area contributed by atoms with Gasteiger partial charge >= 0.3 is 5.97 Å². The predicted molar refractivity (Wildman–Crippen MR) is 137 cm³/mol. The van der Waals surface area contributed by atoms with E-state index < -0.39 is 11.6 Å². The van der Waals surface area contributed by atoms with Gasteiger partial charge in [-0.3, -0.25) is 0 Å². The summed E-state index contributed by atoms with van der Waals surface area (Å²) in [6, 6.07) is 14.2. The molecule has 1 aliphatic rings. The smallest absolute Gasteiger partial charge is 0.349 e. The summed E-state index contributed by atoms with van der Waals surface area (Å²) in [4.78, 5) is 18.8. The number of carbonyl (C=O) groups is 1. The number of thiazole rings is 1. The number of nitrogen functional groups attached to an aromatic ring is 1. The van der Waals surface area contributed by atoms with E-state index in [0.29, 0.717) is 18.0 Å². The molecule has 1 atom stereocenters. The predicted octanol–water partition coefficient (Wildman–Crippen LogP) is 6.84. The lowest BCUT2D eigenvalue weighted by molar-refractivity contribution is -0.164. The molecule has 0 bridgehead atoms. The molecule has 5 nitrogen and oxygen atoms in total. The van der Waals surface area contributed by atoms with E-state index >= 15 is 0 Å². The molecule has 1 aliphatic heterocycles. The van der Waals surface area contributed by atoms with Gasteiger partial charge in [0.25, 0.3) is 0 Å². The van der Waals surface area contributed by atoms with Gasteiger partial charge in [-0.25, -0.2) is 9.78 Å². The number of anilines is 1. The van der Waals surface area contributed by atoms with E-state index in [0.717, 1.165) is 27.1 Å². The highest BCUT2D eigenvalue weighted by molar-refractivity contribution is 8.04. The van der Waals surface area contributed by atoms with Gasteiger partial charge in [-0.05, 0) is 47.9 Å². The lowest BCUT2D eigenvalue weighted by Gasteiger charge is -2.40. The SMILES string of the molecule is CC(C)c1cc2nc(N)sc2cc1SC1=C(O)C[C@@](CCc2ccccc2)(C(C)C)OC1=O. The van der Waals surface area contributed by atoms with Crippen molar-refractivity contribution in [1.82, 2.24) is 4.98 Å². The third-order valence-corrected chi connectivity index (χ3v) is 8.34. The van der Waals surface area contributed by atoms with Crippen molar-refractivity contribution >= 4 is 44.4 Å². The maximum Gasteiger partial charge on any atom is 0.349 e. The Hall–Kier alpha value is -2.51. The second kappa shape index (κ2) is 9.39. The van der Waals surface area contributed by atoms with E-state index in [1.807, 2.05) is 44.2 Å². The van der Waals surface area contributed by atoms with Crippen molar-refractivity contribution < 1.29 is 14.6 Å². The summed E-state index contributed by atoms with van der Waals surface area (Å²) >= 11 is 2.70. The van der Waals surface area contributed by atoms with Crippen LogP contribution < -0.4 is 5.73 Å². The normalized spacial score (nSPS) is 19.0. The minimum Gasteiger partial charge on any atom is -0.511 e. The summed E-state index contributed by atoms with van der Waals surface area (Å²) in [5.74, 6) is -0.0508. The van der Waals surface area contributed by atoms with Crippen molar-refractivity contribution in [3.05, 3.63) is 64.3 Å². The third kappa shape index (κ3) is 4.89. The van der Waals surface area contributed by atoms with E-state index in [4.69, 9.17) is 10.5 Å². The summed E-state index contributed by atoms with van der Waals surface area (Å²) in [6.07, 6.45) is 1.76. The van der Waals surface area contributed by atoms with E-state index in [1.54, 1.807) is 0 Å². The molecule has 0 radical (unpaired) electrons. The summed E-state index contributed by atoms with van der Waals surface area (Å²) < 4.78 is 7.06. The number of fused-ring (bicyclic) bond motifs is 1. The molecule has 3 N–H and O–H groups in total. The van der Waals surface area contributed by atoms with E-state index in [-0.39, 0.29) is 22.5 Å². The molecule has 0 saturated carbocycles. The summed E-state index contributed by atoms with van der Waals surface area (Å²) in [6.45, 7) is 8.29. The van der Waals surface area contributed by atoms with Crippen LogP contribution in [0.2, 0.25) is 0 Å². The lowest BCUT2D eigenvalue weighted by Crippen LogP contribution is -2.44. The molecule has 0 aliphatic carbocycles. The molecule has 3 aromatic rings. The molecular formula is C26H30N2O3S2. The molecule has 0 unspecified atom stereocenters. The van der Waals surface area contributed by atoms with Crippen molar-refractivity contribution in [2.75, 3.05) is 5.73 Å².